The summed E-state index contributed by atoms with van der Waals surface area (Å²) in [7, 11) is 0. The molecule has 0 saturated carbocycles. The molecular weight excluding hydrogens is 466 g/mol. The van der Waals surface area contributed by atoms with Gasteiger partial charge >= 0.3 is 5.97 Å². The average Bonchev–Trinajstić information content (AvgIpc) is 3.45. The first kappa shape index (κ1) is 23.9. The number of nitrogens with one attached hydrogen (secondary N) is 1. The highest BCUT2D eigenvalue weighted by Gasteiger charge is 2.38. The minimum Gasteiger partial charge on any atom is -0.479 e. The molecular formula is C27H26F2N4O3. The summed E-state index contributed by atoms with van der Waals surface area (Å²) in [4.78, 5) is 11.5. The van der Waals surface area contributed by atoms with Crippen LogP contribution in [0.3, 0.4) is 0 Å². The molecule has 7 nitrogen and oxygen atoms in total. The second-order valence-electron chi connectivity index (χ2n) is 10.1. The van der Waals surface area contributed by atoms with Crippen LogP contribution in [-0.4, -0.2) is 38.6 Å². The molecule has 36 heavy (non-hydrogen) atoms. The Kier molecular flexibility index (Phi) is 5.80. The lowest BCUT2D eigenvalue weighted by atomic mass is 9.78. The lowest BCUT2D eigenvalue weighted by molar-refractivity contribution is -0.153. The molecule has 0 bridgehead atoms. The van der Waals surface area contributed by atoms with Crippen molar-refractivity contribution in [1.82, 2.24) is 14.8 Å². The highest BCUT2D eigenvalue weighted by molar-refractivity contribution is 6.00. The quantitative estimate of drug-likeness (QED) is 0.376. The van der Waals surface area contributed by atoms with Crippen molar-refractivity contribution in [3.05, 3.63) is 58.9 Å². The number of rotatable bonds is 5. The zero-order valence-corrected chi connectivity index (χ0v) is 20.2. The van der Waals surface area contributed by atoms with Crippen LogP contribution in [0.2, 0.25) is 0 Å². The molecule has 5 rings (SSSR count). The van der Waals surface area contributed by atoms with Gasteiger partial charge in [-0.05, 0) is 55.2 Å². The number of benzene rings is 2. The van der Waals surface area contributed by atoms with Crippen molar-refractivity contribution < 1.29 is 23.4 Å². The van der Waals surface area contributed by atoms with Gasteiger partial charge in [0.15, 0.2) is 11.9 Å². The molecule has 0 amide bonds. The van der Waals surface area contributed by atoms with Gasteiger partial charge in [0.1, 0.15) is 11.3 Å². The smallest absolute Gasteiger partial charge is 0.332 e. The van der Waals surface area contributed by atoms with Gasteiger partial charge < -0.3 is 14.4 Å². The molecule has 2 aromatic heterocycles. The topological polar surface area (TPSA) is 104 Å². The second-order valence-corrected chi connectivity index (χ2v) is 10.1. The molecule has 2 aromatic carbocycles. The van der Waals surface area contributed by atoms with Gasteiger partial charge in [0.05, 0.1) is 24.4 Å². The molecule has 4 aromatic rings. The maximum Gasteiger partial charge on any atom is 0.332 e. The number of carboxylic acid groups (broad SMARTS) is 1. The van der Waals surface area contributed by atoms with E-state index < -0.39 is 23.3 Å². The number of aryl methyl sites for hydroxylation is 1. The number of hydrogen-bond acceptors (Lipinski definition) is 4. The molecule has 1 aliphatic rings. The van der Waals surface area contributed by atoms with Crippen molar-refractivity contribution in [3.63, 3.8) is 0 Å². The standard InChI is InChI=1S/C27H26F2N4O3/c1-14-10-17(5-6-18(14)28)33-19-11-16-12-31-32-24(16)23(29)22(19)21(25(33)27(2,3)8-9-30)15-4-7-20(26(34)35)36-13-15/h5-6,10-12,15,20H,4,7-8,13H2,1-3H3,(H,31,32)(H,34,35)/t15-,20?/m0/s1. The summed E-state index contributed by atoms with van der Waals surface area (Å²) in [5.74, 6) is -2.14. The Bertz CT molecular complexity index is 1540. The molecule has 3 heterocycles. The van der Waals surface area contributed by atoms with Crippen molar-refractivity contribution in [2.24, 2.45) is 0 Å². The Morgan fingerprint density at radius 2 is 2.11 bits per heavy atom. The third-order valence-electron chi connectivity index (χ3n) is 7.17. The third-order valence-corrected chi connectivity index (χ3v) is 7.17. The van der Waals surface area contributed by atoms with Crippen LogP contribution in [0.25, 0.3) is 27.5 Å². The van der Waals surface area contributed by atoms with Gasteiger partial charge in [-0.1, -0.05) is 13.8 Å². The predicted molar refractivity (Wildman–Crippen MR) is 130 cm³/mol. The average molecular weight is 493 g/mol. The summed E-state index contributed by atoms with van der Waals surface area (Å²) in [6, 6.07) is 8.83. The van der Waals surface area contributed by atoms with Crippen molar-refractivity contribution in [3.8, 4) is 11.8 Å². The lowest BCUT2D eigenvalue weighted by Crippen LogP contribution is -2.32. The Labute approximate surface area is 206 Å². The van der Waals surface area contributed by atoms with E-state index in [2.05, 4.69) is 16.3 Å². The van der Waals surface area contributed by atoms with Crippen LogP contribution < -0.4 is 0 Å². The number of aromatic nitrogens is 3. The van der Waals surface area contributed by atoms with Crippen molar-refractivity contribution in [2.45, 2.75) is 57.5 Å². The summed E-state index contributed by atoms with van der Waals surface area (Å²) < 4.78 is 38.0. The zero-order valence-electron chi connectivity index (χ0n) is 20.2. The van der Waals surface area contributed by atoms with Crippen LogP contribution >= 0.6 is 0 Å². The molecule has 0 aliphatic carbocycles. The van der Waals surface area contributed by atoms with Crippen LogP contribution in [0.15, 0.2) is 30.5 Å². The minimum absolute atomic E-state index is 0.106. The largest absolute Gasteiger partial charge is 0.479 e. The zero-order chi connectivity index (χ0) is 25.8. The van der Waals surface area contributed by atoms with Gasteiger partial charge in [-0.2, -0.15) is 10.4 Å². The van der Waals surface area contributed by atoms with Gasteiger partial charge in [0.2, 0.25) is 0 Å². The lowest BCUT2D eigenvalue weighted by Gasteiger charge is -2.32. The number of carbonyl (C=O) groups is 1. The summed E-state index contributed by atoms with van der Waals surface area (Å²) in [6.45, 7) is 5.63. The van der Waals surface area contributed by atoms with Gasteiger partial charge in [0.25, 0.3) is 0 Å². The molecule has 1 aliphatic heterocycles. The number of H-pyrrole nitrogens is 1. The van der Waals surface area contributed by atoms with Crippen molar-refractivity contribution in [2.75, 3.05) is 6.61 Å². The monoisotopic (exact) mass is 492 g/mol. The van der Waals surface area contributed by atoms with Gasteiger partial charge in [-0.25, -0.2) is 13.6 Å². The van der Waals surface area contributed by atoms with Crippen molar-refractivity contribution >= 4 is 27.8 Å². The first-order chi connectivity index (χ1) is 17.1. The van der Waals surface area contributed by atoms with Crippen LogP contribution in [0.5, 0.6) is 0 Å². The molecule has 9 heteroatoms. The van der Waals surface area contributed by atoms with E-state index in [1.165, 1.54) is 6.07 Å². The molecule has 0 radical (unpaired) electrons. The number of aliphatic carboxylic acids is 1. The fourth-order valence-electron chi connectivity index (χ4n) is 5.39. The minimum atomic E-state index is -1.02. The van der Waals surface area contributed by atoms with Gasteiger partial charge in [-0.15, -0.1) is 0 Å². The predicted octanol–water partition coefficient (Wildman–Crippen LogP) is 5.63. The normalized spacial score (nSPS) is 18.6. The van der Waals surface area contributed by atoms with Crippen LogP contribution in [0, 0.1) is 29.9 Å². The number of nitriles is 1. The summed E-state index contributed by atoms with van der Waals surface area (Å²) in [6.07, 6.45) is 1.56. The van der Waals surface area contributed by atoms with E-state index in [-0.39, 0.29) is 36.7 Å². The Morgan fingerprint density at radius 1 is 1.33 bits per heavy atom. The Morgan fingerprint density at radius 3 is 2.75 bits per heavy atom. The number of halogens is 2. The van der Waals surface area contributed by atoms with E-state index in [9.17, 15) is 19.6 Å². The highest BCUT2D eigenvalue weighted by atomic mass is 19.1. The molecule has 1 saturated heterocycles. The fraction of sp³-hybridized carbons (Fsp3) is 0.370. The number of nitrogens with zero attached hydrogens (tertiary/aromatic N) is 3. The summed E-state index contributed by atoms with van der Waals surface area (Å²) in [5.41, 5.74) is 2.62. The van der Waals surface area contributed by atoms with E-state index in [0.717, 1.165) is 5.69 Å². The summed E-state index contributed by atoms with van der Waals surface area (Å²) >= 11 is 0. The molecule has 1 fully saturated rings. The fourth-order valence-corrected chi connectivity index (χ4v) is 5.39. The molecule has 2 N–H and O–H groups in total. The molecule has 1 unspecified atom stereocenters. The number of hydrogen-bond donors (Lipinski definition) is 2. The van der Waals surface area contributed by atoms with Gasteiger partial charge in [0, 0.05) is 39.9 Å². The van der Waals surface area contributed by atoms with Crippen LogP contribution in [0.4, 0.5) is 8.78 Å². The van der Waals surface area contributed by atoms with E-state index in [0.29, 0.717) is 39.5 Å². The Hall–Kier alpha value is -3.77. The SMILES string of the molecule is Cc1cc(-n2c(C(C)(C)CC#N)c([C@H]3CCC(C(=O)O)OC3)c3c(F)c4[nH]ncc4cc32)ccc1F. The molecule has 2 atom stereocenters. The van der Waals surface area contributed by atoms with Crippen LogP contribution in [-0.2, 0) is 14.9 Å². The van der Waals surface area contributed by atoms with Crippen molar-refractivity contribution in [1.29, 1.82) is 5.26 Å². The maximum absolute atomic E-state index is 16.2. The van der Waals surface area contributed by atoms with E-state index in [4.69, 9.17) is 4.74 Å². The van der Waals surface area contributed by atoms with Gasteiger partial charge in [-0.3, -0.25) is 5.10 Å². The van der Waals surface area contributed by atoms with E-state index in [1.807, 2.05) is 24.5 Å². The van der Waals surface area contributed by atoms with E-state index in [1.54, 1.807) is 25.3 Å². The second kappa shape index (κ2) is 8.71. The maximum atomic E-state index is 16.2. The third kappa shape index (κ3) is 3.73. The first-order valence-electron chi connectivity index (χ1n) is 11.8. The number of ether oxygens (including phenoxy) is 1. The number of aromatic amines is 1. The number of carboxylic acids is 1. The Balaban J connectivity index is 1.88. The van der Waals surface area contributed by atoms with E-state index >= 15 is 4.39 Å². The summed E-state index contributed by atoms with van der Waals surface area (Å²) in [5, 5.41) is 26.8. The highest BCUT2D eigenvalue weighted by Crippen LogP contribution is 2.46. The molecule has 186 valence electrons. The van der Waals surface area contributed by atoms with Crippen LogP contribution in [0.1, 0.15) is 55.8 Å². The number of fused-ring (bicyclic) bond motifs is 2. The molecule has 0 spiro atoms. The first-order valence-corrected chi connectivity index (χ1v) is 11.8.